The van der Waals surface area contributed by atoms with Crippen molar-refractivity contribution in [1.29, 1.82) is 5.26 Å². The zero-order valence-electron chi connectivity index (χ0n) is 11.0. The standard InChI is InChI=1S/C15H19NO/c1-14(2)10-15(3,7-8-16)12-6-5-11(17-4)9-13(12)14/h5-6,9H,7,10H2,1-4H3. The van der Waals surface area contributed by atoms with E-state index >= 15 is 0 Å². The van der Waals surface area contributed by atoms with Crippen molar-refractivity contribution >= 4 is 0 Å². The van der Waals surface area contributed by atoms with Crippen molar-refractivity contribution in [3.63, 3.8) is 0 Å². The number of nitrogens with zero attached hydrogens (tertiary/aromatic N) is 1. The predicted molar refractivity (Wildman–Crippen MR) is 68.2 cm³/mol. The van der Waals surface area contributed by atoms with Gasteiger partial charge in [0.15, 0.2) is 0 Å². The van der Waals surface area contributed by atoms with E-state index in [1.165, 1.54) is 11.1 Å². The van der Waals surface area contributed by atoms with Crippen LogP contribution in [0.25, 0.3) is 0 Å². The SMILES string of the molecule is COc1ccc2c(c1)C(C)(C)CC2(C)CC#N. The fourth-order valence-electron chi connectivity index (χ4n) is 3.23. The lowest BCUT2D eigenvalue weighted by Gasteiger charge is -2.24. The van der Waals surface area contributed by atoms with Gasteiger partial charge < -0.3 is 4.74 Å². The van der Waals surface area contributed by atoms with Gasteiger partial charge in [-0.1, -0.05) is 26.8 Å². The molecule has 0 aromatic heterocycles. The minimum Gasteiger partial charge on any atom is -0.497 e. The molecule has 1 aliphatic carbocycles. The van der Waals surface area contributed by atoms with Gasteiger partial charge >= 0.3 is 0 Å². The second-order valence-corrected chi connectivity index (χ2v) is 5.87. The molecular formula is C15H19NO. The van der Waals surface area contributed by atoms with Gasteiger partial charge in [-0.05, 0) is 35.1 Å². The number of rotatable bonds is 2. The van der Waals surface area contributed by atoms with Crippen LogP contribution in [-0.2, 0) is 10.8 Å². The summed E-state index contributed by atoms with van der Waals surface area (Å²) in [5, 5.41) is 9.01. The number of benzene rings is 1. The molecule has 0 N–H and O–H groups in total. The highest BCUT2D eigenvalue weighted by molar-refractivity contribution is 5.49. The van der Waals surface area contributed by atoms with Crippen molar-refractivity contribution in [2.75, 3.05) is 7.11 Å². The molecule has 0 spiro atoms. The van der Waals surface area contributed by atoms with Gasteiger partial charge in [-0.15, -0.1) is 0 Å². The van der Waals surface area contributed by atoms with Crippen LogP contribution in [0.5, 0.6) is 5.75 Å². The first kappa shape index (κ1) is 12.0. The van der Waals surface area contributed by atoms with Gasteiger partial charge in [0.2, 0.25) is 0 Å². The molecule has 0 bridgehead atoms. The van der Waals surface area contributed by atoms with E-state index in [2.05, 4.69) is 39.0 Å². The molecule has 0 fully saturated rings. The van der Waals surface area contributed by atoms with E-state index in [-0.39, 0.29) is 10.8 Å². The zero-order chi connectivity index (χ0) is 12.7. The summed E-state index contributed by atoms with van der Waals surface area (Å²) in [4.78, 5) is 0. The fraction of sp³-hybridized carbons (Fsp3) is 0.533. The number of nitriles is 1. The first-order chi connectivity index (χ1) is 7.93. The van der Waals surface area contributed by atoms with Crippen LogP contribution in [0.1, 0.15) is 44.7 Å². The Bertz CT molecular complexity index is 484. The molecular weight excluding hydrogens is 210 g/mol. The van der Waals surface area contributed by atoms with Crippen LogP contribution in [0, 0.1) is 11.3 Å². The smallest absolute Gasteiger partial charge is 0.119 e. The molecule has 2 heteroatoms. The summed E-state index contributed by atoms with van der Waals surface area (Å²) >= 11 is 0. The molecule has 1 aromatic carbocycles. The van der Waals surface area contributed by atoms with Crippen molar-refractivity contribution in [3.05, 3.63) is 29.3 Å². The lowest BCUT2D eigenvalue weighted by Crippen LogP contribution is -2.21. The highest BCUT2D eigenvalue weighted by Gasteiger charge is 2.44. The normalized spacial score (nSPS) is 25.1. The van der Waals surface area contributed by atoms with Crippen LogP contribution >= 0.6 is 0 Å². The Kier molecular flexibility index (Phi) is 2.66. The quantitative estimate of drug-likeness (QED) is 0.777. The van der Waals surface area contributed by atoms with Gasteiger partial charge in [0, 0.05) is 11.8 Å². The third-order valence-electron chi connectivity index (χ3n) is 3.91. The Morgan fingerprint density at radius 2 is 2.00 bits per heavy atom. The average molecular weight is 229 g/mol. The maximum atomic E-state index is 9.01. The van der Waals surface area contributed by atoms with Crippen molar-refractivity contribution in [1.82, 2.24) is 0 Å². The van der Waals surface area contributed by atoms with E-state index in [0.717, 1.165) is 12.2 Å². The lowest BCUT2D eigenvalue weighted by molar-refractivity contribution is 0.381. The minimum absolute atomic E-state index is 0.0140. The Hall–Kier alpha value is -1.49. The topological polar surface area (TPSA) is 33.0 Å². The molecule has 2 rings (SSSR count). The summed E-state index contributed by atoms with van der Waals surface area (Å²) in [6.07, 6.45) is 1.60. The number of ether oxygens (including phenoxy) is 1. The van der Waals surface area contributed by atoms with E-state index in [4.69, 9.17) is 10.00 Å². The second-order valence-electron chi connectivity index (χ2n) is 5.87. The third kappa shape index (κ3) is 1.80. The van der Waals surface area contributed by atoms with Gasteiger partial charge in [0.05, 0.1) is 13.2 Å². The van der Waals surface area contributed by atoms with Crippen LogP contribution in [-0.4, -0.2) is 7.11 Å². The molecule has 0 saturated carbocycles. The van der Waals surface area contributed by atoms with Gasteiger partial charge in [0.25, 0.3) is 0 Å². The van der Waals surface area contributed by atoms with E-state index in [9.17, 15) is 0 Å². The molecule has 2 nitrogen and oxygen atoms in total. The van der Waals surface area contributed by atoms with Gasteiger partial charge in [-0.25, -0.2) is 0 Å². The summed E-state index contributed by atoms with van der Waals surface area (Å²) < 4.78 is 5.30. The van der Waals surface area contributed by atoms with Gasteiger partial charge in [-0.2, -0.15) is 5.26 Å². The maximum absolute atomic E-state index is 9.01. The molecule has 1 aliphatic rings. The van der Waals surface area contributed by atoms with Crippen LogP contribution in [0.15, 0.2) is 18.2 Å². The van der Waals surface area contributed by atoms with Gasteiger partial charge in [0.1, 0.15) is 5.75 Å². The monoisotopic (exact) mass is 229 g/mol. The zero-order valence-corrected chi connectivity index (χ0v) is 11.0. The molecule has 17 heavy (non-hydrogen) atoms. The number of hydrogen-bond acceptors (Lipinski definition) is 2. The number of methoxy groups -OCH3 is 1. The summed E-state index contributed by atoms with van der Waals surface area (Å²) in [5.41, 5.74) is 2.74. The minimum atomic E-state index is -0.0140. The molecule has 0 heterocycles. The van der Waals surface area contributed by atoms with Crippen molar-refractivity contribution in [2.45, 2.75) is 44.4 Å². The second kappa shape index (κ2) is 3.77. The highest BCUT2D eigenvalue weighted by atomic mass is 16.5. The number of hydrogen-bond donors (Lipinski definition) is 0. The molecule has 0 aliphatic heterocycles. The first-order valence-corrected chi connectivity index (χ1v) is 5.99. The Morgan fingerprint density at radius 3 is 2.59 bits per heavy atom. The molecule has 0 radical (unpaired) electrons. The molecule has 0 saturated heterocycles. The van der Waals surface area contributed by atoms with Crippen LogP contribution in [0.2, 0.25) is 0 Å². The van der Waals surface area contributed by atoms with Crippen LogP contribution in [0.3, 0.4) is 0 Å². The average Bonchev–Trinajstić information content (AvgIpc) is 2.46. The predicted octanol–water partition coefficient (Wildman–Crippen LogP) is 3.55. The number of fused-ring (bicyclic) bond motifs is 1. The molecule has 1 aromatic rings. The largest absolute Gasteiger partial charge is 0.497 e. The van der Waals surface area contributed by atoms with Crippen molar-refractivity contribution < 1.29 is 4.74 Å². The summed E-state index contributed by atoms with van der Waals surface area (Å²) in [6, 6.07) is 8.57. The molecule has 0 amide bonds. The lowest BCUT2D eigenvalue weighted by atomic mass is 9.78. The van der Waals surface area contributed by atoms with E-state index in [1.54, 1.807) is 7.11 Å². The molecule has 1 atom stereocenters. The highest BCUT2D eigenvalue weighted by Crippen LogP contribution is 2.51. The van der Waals surface area contributed by atoms with Crippen LogP contribution in [0.4, 0.5) is 0 Å². The Morgan fingerprint density at radius 1 is 1.29 bits per heavy atom. The third-order valence-corrected chi connectivity index (χ3v) is 3.91. The first-order valence-electron chi connectivity index (χ1n) is 5.99. The Labute approximate surface area is 103 Å². The summed E-state index contributed by atoms with van der Waals surface area (Å²) in [7, 11) is 1.69. The van der Waals surface area contributed by atoms with Crippen molar-refractivity contribution in [2.24, 2.45) is 0 Å². The van der Waals surface area contributed by atoms with E-state index in [0.29, 0.717) is 6.42 Å². The van der Waals surface area contributed by atoms with Crippen molar-refractivity contribution in [3.8, 4) is 11.8 Å². The summed E-state index contributed by atoms with van der Waals surface area (Å²) in [5.74, 6) is 0.901. The molecule has 1 unspecified atom stereocenters. The maximum Gasteiger partial charge on any atom is 0.119 e. The molecule has 90 valence electrons. The van der Waals surface area contributed by atoms with Gasteiger partial charge in [-0.3, -0.25) is 0 Å². The summed E-state index contributed by atoms with van der Waals surface area (Å²) in [6.45, 7) is 6.68. The fourth-order valence-corrected chi connectivity index (χ4v) is 3.23. The Balaban J connectivity index is 2.57. The van der Waals surface area contributed by atoms with Crippen LogP contribution < -0.4 is 4.74 Å². The van der Waals surface area contributed by atoms with E-state index < -0.39 is 0 Å². The van der Waals surface area contributed by atoms with E-state index in [1.807, 2.05) is 6.07 Å².